The first-order valence-corrected chi connectivity index (χ1v) is 6.72. The third-order valence-electron chi connectivity index (χ3n) is 4.19. The van der Waals surface area contributed by atoms with Gasteiger partial charge in [-0.2, -0.15) is 0 Å². The predicted molar refractivity (Wildman–Crippen MR) is 71.5 cm³/mol. The molecule has 2 rings (SSSR count). The van der Waals surface area contributed by atoms with Gasteiger partial charge in [0, 0.05) is 24.5 Å². The molecule has 18 heavy (non-hydrogen) atoms. The number of hydrogen-bond acceptors (Lipinski definition) is 4. The molecule has 0 N–H and O–H groups in total. The molecule has 0 bridgehead atoms. The quantitative estimate of drug-likeness (QED) is 0.821. The van der Waals surface area contributed by atoms with Gasteiger partial charge in [0.1, 0.15) is 0 Å². The van der Waals surface area contributed by atoms with E-state index in [2.05, 4.69) is 28.7 Å². The molecular weight excluding hydrogens is 226 g/mol. The summed E-state index contributed by atoms with van der Waals surface area (Å²) in [6.07, 6.45) is 7.59. The summed E-state index contributed by atoms with van der Waals surface area (Å²) in [6.45, 7) is 8.00. The van der Waals surface area contributed by atoms with Crippen molar-refractivity contribution in [1.29, 1.82) is 0 Å². The van der Waals surface area contributed by atoms with E-state index in [-0.39, 0.29) is 0 Å². The van der Waals surface area contributed by atoms with E-state index in [1.54, 1.807) is 7.11 Å². The van der Waals surface area contributed by atoms with E-state index in [0.29, 0.717) is 11.4 Å². The lowest BCUT2D eigenvalue weighted by Gasteiger charge is -2.38. The average molecular weight is 249 g/mol. The number of rotatable bonds is 4. The van der Waals surface area contributed by atoms with Crippen LogP contribution >= 0.6 is 0 Å². The number of likely N-dealkylation sites (tertiary alicyclic amines) is 1. The van der Waals surface area contributed by atoms with E-state index in [1.165, 1.54) is 32.4 Å². The number of piperidine rings is 1. The highest BCUT2D eigenvalue weighted by Gasteiger charge is 2.28. The molecule has 0 amide bonds. The molecule has 1 aliphatic rings. The number of nitrogens with zero attached hydrogens (tertiary/aromatic N) is 3. The smallest absolute Gasteiger partial charge is 0.316 e. The minimum Gasteiger partial charge on any atom is -0.467 e. The predicted octanol–water partition coefficient (Wildman–Crippen LogP) is 2.50. The molecule has 1 aliphatic heterocycles. The highest BCUT2D eigenvalue weighted by atomic mass is 16.5. The topological polar surface area (TPSA) is 38.2 Å². The van der Waals surface area contributed by atoms with Crippen LogP contribution in [0.3, 0.4) is 0 Å². The van der Waals surface area contributed by atoms with Crippen LogP contribution in [0.5, 0.6) is 6.01 Å². The summed E-state index contributed by atoms with van der Waals surface area (Å²) in [4.78, 5) is 10.8. The molecule has 0 saturated carbocycles. The monoisotopic (exact) mass is 249 g/mol. The maximum atomic E-state index is 4.97. The molecule has 1 aromatic rings. The molecular formula is C14H23N3O. The van der Waals surface area contributed by atoms with Gasteiger partial charge in [-0.25, -0.2) is 9.97 Å². The Bertz CT molecular complexity index is 369. The van der Waals surface area contributed by atoms with Crippen LogP contribution in [0.4, 0.5) is 0 Å². The molecule has 4 nitrogen and oxygen atoms in total. The summed E-state index contributed by atoms with van der Waals surface area (Å²) in [7, 11) is 1.59. The third-order valence-corrected chi connectivity index (χ3v) is 4.19. The second-order valence-electron chi connectivity index (χ2n) is 5.52. The van der Waals surface area contributed by atoms with Crippen LogP contribution in [0.15, 0.2) is 12.4 Å². The second kappa shape index (κ2) is 5.65. The van der Waals surface area contributed by atoms with E-state index in [0.717, 1.165) is 12.1 Å². The number of hydrogen-bond donors (Lipinski definition) is 0. The van der Waals surface area contributed by atoms with Gasteiger partial charge in [0.2, 0.25) is 0 Å². The van der Waals surface area contributed by atoms with Gasteiger partial charge in [0.25, 0.3) is 0 Å². The number of ether oxygens (including phenoxy) is 1. The van der Waals surface area contributed by atoms with E-state index in [4.69, 9.17) is 4.74 Å². The summed E-state index contributed by atoms with van der Waals surface area (Å²) in [5.41, 5.74) is 1.71. The second-order valence-corrected chi connectivity index (χ2v) is 5.52. The van der Waals surface area contributed by atoms with Gasteiger partial charge in [-0.1, -0.05) is 20.3 Å². The zero-order valence-electron chi connectivity index (χ0n) is 11.6. The van der Waals surface area contributed by atoms with Crippen LogP contribution in [-0.2, 0) is 6.54 Å². The van der Waals surface area contributed by atoms with Crippen molar-refractivity contribution in [2.75, 3.05) is 20.2 Å². The zero-order valence-corrected chi connectivity index (χ0v) is 11.6. The van der Waals surface area contributed by atoms with Crippen molar-refractivity contribution in [1.82, 2.24) is 14.9 Å². The molecule has 1 saturated heterocycles. The first-order valence-electron chi connectivity index (χ1n) is 6.72. The largest absolute Gasteiger partial charge is 0.467 e. The molecule has 0 aliphatic carbocycles. The van der Waals surface area contributed by atoms with Gasteiger partial charge in [-0.05, 0) is 31.3 Å². The van der Waals surface area contributed by atoms with Crippen molar-refractivity contribution in [3.05, 3.63) is 18.0 Å². The molecule has 1 fully saturated rings. The maximum absolute atomic E-state index is 4.97. The Kier molecular flexibility index (Phi) is 4.17. The standard InChI is InChI=1S/C14H23N3O/c1-4-14(2)5-7-17(8-6-14)11-12-9-15-13(18-3)16-10-12/h9-10H,4-8,11H2,1-3H3. The van der Waals surface area contributed by atoms with Gasteiger partial charge < -0.3 is 4.74 Å². The van der Waals surface area contributed by atoms with Crippen LogP contribution in [0, 0.1) is 5.41 Å². The highest BCUT2D eigenvalue weighted by Crippen LogP contribution is 2.34. The van der Waals surface area contributed by atoms with Crippen molar-refractivity contribution in [3.63, 3.8) is 0 Å². The summed E-state index contributed by atoms with van der Waals surface area (Å²) in [6, 6.07) is 0.441. The Labute approximate surface area is 109 Å². The summed E-state index contributed by atoms with van der Waals surface area (Å²) in [5.74, 6) is 0. The molecule has 1 aromatic heterocycles. The molecule has 4 heteroatoms. The Morgan fingerprint density at radius 2 is 1.89 bits per heavy atom. The first kappa shape index (κ1) is 13.3. The lowest BCUT2D eigenvalue weighted by molar-refractivity contribution is 0.109. The van der Waals surface area contributed by atoms with Crippen molar-refractivity contribution in [2.45, 2.75) is 39.7 Å². The maximum Gasteiger partial charge on any atom is 0.316 e. The Hall–Kier alpha value is -1.16. The summed E-state index contributed by atoms with van der Waals surface area (Å²) >= 11 is 0. The number of methoxy groups -OCH3 is 1. The van der Waals surface area contributed by atoms with Gasteiger partial charge >= 0.3 is 6.01 Å². The van der Waals surface area contributed by atoms with Gasteiger partial charge in [0.05, 0.1) is 7.11 Å². The molecule has 0 aromatic carbocycles. The zero-order chi connectivity index (χ0) is 13.0. The highest BCUT2D eigenvalue weighted by molar-refractivity contribution is 5.07. The van der Waals surface area contributed by atoms with Crippen molar-refractivity contribution < 1.29 is 4.74 Å². The fourth-order valence-electron chi connectivity index (χ4n) is 2.39. The third kappa shape index (κ3) is 3.19. The minimum atomic E-state index is 0.441. The number of aromatic nitrogens is 2. The summed E-state index contributed by atoms with van der Waals surface area (Å²) in [5, 5.41) is 0. The first-order chi connectivity index (χ1) is 8.65. The van der Waals surface area contributed by atoms with Crippen LogP contribution in [0.25, 0.3) is 0 Å². The molecule has 0 unspecified atom stereocenters. The molecule has 0 spiro atoms. The van der Waals surface area contributed by atoms with Crippen LogP contribution < -0.4 is 4.74 Å². The Morgan fingerprint density at radius 3 is 2.39 bits per heavy atom. The fourth-order valence-corrected chi connectivity index (χ4v) is 2.39. The van der Waals surface area contributed by atoms with Crippen molar-refractivity contribution in [2.24, 2.45) is 5.41 Å². The Morgan fingerprint density at radius 1 is 1.28 bits per heavy atom. The Balaban J connectivity index is 1.87. The van der Waals surface area contributed by atoms with E-state index in [1.807, 2.05) is 12.4 Å². The van der Waals surface area contributed by atoms with Gasteiger partial charge in [0.15, 0.2) is 0 Å². The van der Waals surface area contributed by atoms with Gasteiger partial charge in [-0.3, -0.25) is 4.90 Å². The van der Waals surface area contributed by atoms with Crippen LogP contribution in [0.2, 0.25) is 0 Å². The normalized spacial score (nSPS) is 19.7. The SMILES string of the molecule is CCC1(C)CCN(Cc2cnc(OC)nc2)CC1. The molecule has 0 radical (unpaired) electrons. The molecule has 0 atom stereocenters. The molecule has 100 valence electrons. The van der Waals surface area contributed by atoms with Gasteiger partial charge in [-0.15, -0.1) is 0 Å². The van der Waals surface area contributed by atoms with Crippen molar-refractivity contribution >= 4 is 0 Å². The lowest BCUT2D eigenvalue weighted by atomic mass is 9.78. The minimum absolute atomic E-state index is 0.441. The van der Waals surface area contributed by atoms with E-state index in [9.17, 15) is 0 Å². The summed E-state index contributed by atoms with van der Waals surface area (Å²) < 4.78 is 4.97. The van der Waals surface area contributed by atoms with Crippen LogP contribution in [-0.4, -0.2) is 35.1 Å². The van der Waals surface area contributed by atoms with Crippen LogP contribution in [0.1, 0.15) is 38.7 Å². The fraction of sp³-hybridized carbons (Fsp3) is 0.714. The van der Waals surface area contributed by atoms with Crippen molar-refractivity contribution in [3.8, 4) is 6.01 Å². The average Bonchev–Trinajstić information content (AvgIpc) is 2.42. The van der Waals surface area contributed by atoms with E-state index >= 15 is 0 Å². The molecule has 2 heterocycles. The lowest BCUT2D eigenvalue weighted by Crippen LogP contribution is -2.37. The van der Waals surface area contributed by atoms with E-state index < -0.39 is 0 Å².